The van der Waals surface area contributed by atoms with Gasteiger partial charge in [-0.2, -0.15) is 0 Å². The lowest BCUT2D eigenvalue weighted by atomic mass is 9.97. The molecule has 0 saturated carbocycles. The summed E-state index contributed by atoms with van der Waals surface area (Å²) in [6, 6.07) is 6.04. The summed E-state index contributed by atoms with van der Waals surface area (Å²) in [6.45, 7) is 6.66. The van der Waals surface area contributed by atoms with E-state index in [0.717, 1.165) is 42.6 Å². The molecule has 0 atom stereocenters. The lowest BCUT2D eigenvalue weighted by Crippen LogP contribution is -2.35. The van der Waals surface area contributed by atoms with Crippen molar-refractivity contribution in [1.29, 1.82) is 0 Å². The van der Waals surface area contributed by atoms with Gasteiger partial charge in [-0.25, -0.2) is 0 Å². The summed E-state index contributed by atoms with van der Waals surface area (Å²) in [6.07, 6.45) is 2.78. The summed E-state index contributed by atoms with van der Waals surface area (Å²) < 4.78 is 5.07. The smallest absolute Gasteiger partial charge is 0.277 e. The third-order valence-corrected chi connectivity index (χ3v) is 4.95. The van der Waals surface area contributed by atoms with Gasteiger partial charge in [0.15, 0.2) is 0 Å². The molecule has 0 radical (unpaired) electrons. The van der Waals surface area contributed by atoms with Gasteiger partial charge in [0.05, 0.1) is 5.57 Å². The van der Waals surface area contributed by atoms with Gasteiger partial charge in [0.1, 0.15) is 5.70 Å². The zero-order chi connectivity index (χ0) is 18.0. The molecule has 0 aromatic heterocycles. The number of nitrogens with zero attached hydrogens (tertiary/aromatic N) is 2. The summed E-state index contributed by atoms with van der Waals surface area (Å²) in [5, 5.41) is 0. The van der Waals surface area contributed by atoms with E-state index in [1.807, 2.05) is 26.0 Å². The van der Waals surface area contributed by atoms with Crippen molar-refractivity contribution in [2.75, 3.05) is 33.4 Å². The number of amides is 2. The van der Waals surface area contributed by atoms with Gasteiger partial charge in [0.2, 0.25) is 0 Å². The number of carbonyl (C=O) groups is 2. The van der Waals surface area contributed by atoms with E-state index in [0.29, 0.717) is 30.8 Å². The van der Waals surface area contributed by atoms with Crippen molar-refractivity contribution in [3.63, 3.8) is 0 Å². The standard InChI is InChI=1S/C20H26N2O3/c1-14-7-8-16(15(2)13-14)17-18(21-9-4-5-10-21)20(24)22(19(17)23)11-6-12-25-3/h7-8,13H,4-6,9-12H2,1-3H3. The van der Waals surface area contributed by atoms with E-state index in [9.17, 15) is 9.59 Å². The van der Waals surface area contributed by atoms with E-state index in [1.54, 1.807) is 7.11 Å². The molecule has 134 valence electrons. The van der Waals surface area contributed by atoms with Gasteiger partial charge in [-0.15, -0.1) is 0 Å². The number of likely N-dealkylation sites (tertiary alicyclic amines) is 1. The van der Waals surface area contributed by atoms with E-state index in [1.165, 1.54) is 4.90 Å². The number of hydrogen-bond donors (Lipinski definition) is 0. The minimum atomic E-state index is -0.171. The van der Waals surface area contributed by atoms with Crippen molar-refractivity contribution < 1.29 is 14.3 Å². The molecule has 0 N–H and O–H groups in total. The molecule has 0 aliphatic carbocycles. The number of rotatable bonds is 6. The van der Waals surface area contributed by atoms with Crippen LogP contribution < -0.4 is 0 Å². The van der Waals surface area contributed by atoms with Crippen molar-refractivity contribution in [3.8, 4) is 0 Å². The van der Waals surface area contributed by atoms with Crippen LogP contribution in [0.15, 0.2) is 23.9 Å². The number of hydrogen-bond acceptors (Lipinski definition) is 4. The Balaban J connectivity index is 2.02. The SMILES string of the molecule is COCCCN1C(=O)C(c2ccc(C)cc2C)=C(N2CCCC2)C1=O. The molecule has 1 aromatic rings. The monoisotopic (exact) mass is 342 g/mol. The molecule has 1 saturated heterocycles. The molecule has 5 nitrogen and oxygen atoms in total. The first-order valence-electron chi connectivity index (χ1n) is 8.96. The highest BCUT2D eigenvalue weighted by Crippen LogP contribution is 2.35. The zero-order valence-corrected chi connectivity index (χ0v) is 15.3. The van der Waals surface area contributed by atoms with Crippen LogP contribution in [0.25, 0.3) is 5.57 Å². The molecular weight excluding hydrogens is 316 g/mol. The van der Waals surface area contributed by atoms with Gasteiger partial charge >= 0.3 is 0 Å². The van der Waals surface area contributed by atoms with Crippen molar-refractivity contribution in [3.05, 3.63) is 40.6 Å². The van der Waals surface area contributed by atoms with Gasteiger partial charge in [-0.3, -0.25) is 14.5 Å². The molecule has 1 fully saturated rings. The van der Waals surface area contributed by atoms with Crippen LogP contribution in [0, 0.1) is 13.8 Å². The van der Waals surface area contributed by atoms with Crippen LogP contribution in [0.4, 0.5) is 0 Å². The predicted octanol–water partition coefficient (Wildman–Crippen LogP) is 2.52. The molecule has 0 bridgehead atoms. The number of imide groups is 1. The van der Waals surface area contributed by atoms with E-state index < -0.39 is 0 Å². The van der Waals surface area contributed by atoms with E-state index >= 15 is 0 Å². The number of ether oxygens (including phenoxy) is 1. The number of aryl methyl sites for hydroxylation is 2. The predicted molar refractivity (Wildman–Crippen MR) is 96.9 cm³/mol. The fraction of sp³-hybridized carbons (Fsp3) is 0.500. The highest BCUT2D eigenvalue weighted by molar-refractivity contribution is 6.35. The lowest BCUT2D eigenvalue weighted by molar-refractivity contribution is -0.137. The first kappa shape index (κ1) is 17.7. The summed E-state index contributed by atoms with van der Waals surface area (Å²) in [4.78, 5) is 29.6. The molecule has 2 aliphatic heterocycles. The van der Waals surface area contributed by atoms with Crippen molar-refractivity contribution >= 4 is 17.4 Å². The lowest BCUT2D eigenvalue weighted by Gasteiger charge is -2.20. The second-order valence-electron chi connectivity index (χ2n) is 6.84. The van der Waals surface area contributed by atoms with E-state index in [4.69, 9.17) is 4.74 Å². The maximum Gasteiger partial charge on any atom is 0.277 e. The Kier molecular flexibility index (Phi) is 5.23. The topological polar surface area (TPSA) is 49.9 Å². The summed E-state index contributed by atoms with van der Waals surface area (Å²) in [5.74, 6) is -0.326. The van der Waals surface area contributed by atoms with Gasteiger partial charge < -0.3 is 9.64 Å². The zero-order valence-electron chi connectivity index (χ0n) is 15.3. The van der Waals surface area contributed by atoms with Gasteiger partial charge in [0, 0.05) is 33.4 Å². The van der Waals surface area contributed by atoms with Crippen LogP contribution in [0.1, 0.15) is 36.0 Å². The fourth-order valence-electron chi connectivity index (χ4n) is 3.70. The number of methoxy groups -OCH3 is 1. The van der Waals surface area contributed by atoms with Crippen molar-refractivity contribution in [2.24, 2.45) is 0 Å². The molecule has 2 amide bonds. The average Bonchev–Trinajstić information content (AvgIpc) is 3.17. The Morgan fingerprint density at radius 2 is 1.80 bits per heavy atom. The second kappa shape index (κ2) is 7.40. The molecule has 25 heavy (non-hydrogen) atoms. The maximum atomic E-state index is 13.1. The van der Waals surface area contributed by atoms with E-state index in [2.05, 4.69) is 11.0 Å². The van der Waals surface area contributed by atoms with Gasteiger partial charge in [0.25, 0.3) is 11.8 Å². The fourth-order valence-corrected chi connectivity index (χ4v) is 3.70. The highest BCUT2D eigenvalue weighted by Gasteiger charge is 2.42. The van der Waals surface area contributed by atoms with Crippen LogP contribution in [0.5, 0.6) is 0 Å². The molecule has 1 aromatic carbocycles. The van der Waals surface area contributed by atoms with Crippen LogP contribution in [0.2, 0.25) is 0 Å². The summed E-state index contributed by atoms with van der Waals surface area (Å²) in [5.41, 5.74) is 4.22. The molecule has 2 aliphatic rings. The normalized spacial score (nSPS) is 18.0. The van der Waals surface area contributed by atoms with Crippen LogP contribution in [-0.2, 0) is 14.3 Å². The Labute approximate surface area is 149 Å². The van der Waals surface area contributed by atoms with Gasteiger partial charge in [-0.1, -0.05) is 23.8 Å². The summed E-state index contributed by atoms with van der Waals surface area (Å²) >= 11 is 0. The average molecular weight is 342 g/mol. The minimum absolute atomic E-state index is 0.155. The Bertz CT molecular complexity index is 718. The molecule has 3 rings (SSSR count). The molecular formula is C20H26N2O3. The largest absolute Gasteiger partial charge is 0.385 e. The van der Waals surface area contributed by atoms with Crippen molar-refractivity contribution in [2.45, 2.75) is 33.1 Å². The third-order valence-electron chi connectivity index (χ3n) is 4.95. The molecule has 2 heterocycles. The first-order valence-corrected chi connectivity index (χ1v) is 8.96. The minimum Gasteiger partial charge on any atom is -0.385 e. The number of carbonyl (C=O) groups excluding carboxylic acids is 2. The maximum absolute atomic E-state index is 13.1. The Hall–Kier alpha value is -2.14. The highest BCUT2D eigenvalue weighted by atomic mass is 16.5. The summed E-state index contributed by atoms with van der Waals surface area (Å²) in [7, 11) is 1.63. The number of benzene rings is 1. The molecule has 5 heteroatoms. The second-order valence-corrected chi connectivity index (χ2v) is 6.84. The molecule has 0 spiro atoms. The van der Waals surface area contributed by atoms with Crippen LogP contribution in [0.3, 0.4) is 0 Å². The third kappa shape index (κ3) is 3.33. The van der Waals surface area contributed by atoms with Crippen molar-refractivity contribution in [1.82, 2.24) is 9.80 Å². The Morgan fingerprint density at radius 1 is 1.08 bits per heavy atom. The van der Waals surface area contributed by atoms with Gasteiger partial charge in [-0.05, 0) is 44.2 Å². The van der Waals surface area contributed by atoms with Crippen LogP contribution >= 0.6 is 0 Å². The first-order chi connectivity index (χ1) is 12.0. The van der Waals surface area contributed by atoms with Crippen LogP contribution in [-0.4, -0.2) is 55.0 Å². The Morgan fingerprint density at radius 3 is 2.44 bits per heavy atom. The van der Waals surface area contributed by atoms with E-state index in [-0.39, 0.29) is 11.8 Å². The molecule has 0 unspecified atom stereocenters. The quantitative estimate of drug-likeness (QED) is 0.589.